The molecule has 1 aromatic carbocycles. The quantitative estimate of drug-likeness (QED) is 0.789. The van der Waals surface area contributed by atoms with E-state index in [0.29, 0.717) is 22.2 Å². The highest BCUT2D eigenvalue weighted by atomic mass is 35.5. The van der Waals surface area contributed by atoms with Gasteiger partial charge in [0.05, 0.1) is 24.9 Å². The van der Waals surface area contributed by atoms with E-state index in [1.165, 1.54) is 20.3 Å². The van der Waals surface area contributed by atoms with E-state index in [-0.39, 0.29) is 18.4 Å². The molecule has 116 valence electrons. The van der Waals surface area contributed by atoms with Gasteiger partial charge >= 0.3 is 0 Å². The van der Waals surface area contributed by atoms with Crippen LogP contribution in [0.3, 0.4) is 0 Å². The number of rotatable bonds is 6. The number of carbonyl (C=O) groups is 2. The average molecular weight is 315 g/mol. The number of hydrogen-bond donors (Lipinski definition) is 2. The summed E-state index contributed by atoms with van der Waals surface area (Å²) in [6.07, 6.45) is -0.272. The van der Waals surface area contributed by atoms with Gasteiger partial charge in [-0.25, -0.2) is 0 Å². The van der Waals surface area contributed by atoms with E-state index in [1.54, 1.807) is 6.07 Å². The summed E-state index contributed by atoms with van der Waals surface area (Å²) in [6, 6.07) is 3.05. The van der Waals surface area contributed by atoms with Gasteiger partial charge in [-0.05, 0) is 13.8 Å². The first-order chi connectivity index (χ1) is 9.87. The van der Waals surface area contributed by atoms with Crippen molar-refractivity contribution in [2.45, 2.75) is 26.3 Å². The van der Waals surface area contributed by atoms with E-state index in [1.807, 2.05) is 13.8 Å². The topological polar surface area (TPSA) is 76.7 Å². The molecule has 0 aliphatic heterocycles. The molecule has 0 aliphatic rings. The highest BCUT2D eigenvalue weighted by Crippen LogP contribution is 2.35. The number of methoxy groups -OCH3 is 2. The first kappa shape index (κ1) is 17.1. The Morgan fingerprint density at radius 3 is 2.29 bits per heavy atom. The molecule has 0 saturated carbocycles. The molecule has 1 rings (SSSR count). The summed E-state index contributed by atoms with van der Waals surface area (Å²) in [5.74, 6) is -0.00367. The molecule has 0 saturated heterocycles. The second-order valence-corrected chi connectivity index (χ2v) is 5.04. The number of benzene rings is 1. The molecule has 0 aromatic heterocycles. The summed E-state index contributed by atoms with van der Waals surface area (Å²) < 4.78 is 10.2. The second-order valence-electron chi connectivity index (χ2n) is 4.63. The molecule has 0 heterocycles. The molecule has 0 bridgehead atoms. The Hall–Kier alpha value is -1.95. The van der Waals surface area contributed by atoms with Crippen LogP contribution in [-0.4, -0.2) is 32.1 Å². The van der Waals surface area contributed by atoms with Crippen LogP contribution >= 0.6 is 11.6 Å². The Morgan fingerprint density at radius 2 is 1.76 bits per heavy atom. The standard InChI is InChI=1S/C14H19ClN2O4/c1-8(2)16-13(18)7-14(19)17-10-6-11(20-3)9(15)5-12(10)21-4/h5-6,8H,7H2,1-4H3,(H,16,18)(H,17,19). The van der Waals surface area contributed by atoms with Gasteiger partial charge in [0.25, 0.3) is 0 Å². The largest absolute Gasteiger partial charge is 0.495 e. The zero-order valence-electron chi connectivity index (χ0n) is 12.5. The Kier molecular flexibility index (Phi) is 6.30. The van der Waals surface area contributed by atoms with Crippen molar-refractivity contribution in [1.29, 1.82) is 0 Å². The lowest BCUT2D eigenvalue weighted by Gasteiger charge is -2.13. The highest BCUT2D eigenvalue weighted by molar-refractivity contribution is 6.32. The fourth-order valence-corrected chi connectivity index (χ4v) is 1.90. The summed E-state index contributed by atoms with van der Waals surface area (Å²) in [5, 5.41) is 5.61. The minimum Gasteiger partial charge on any atom is -0.495 e. The first-order valence-electron chi connectivity index (χ1n) is 6.38. The van der Waals surface area contributed by atoms with Crippen molar-refractivity contribution in [3.63, 3.8) is 0 Å². The van der Waals surface area contributed by atoms with Crippen LogP contribution in [0.25, 0.3) is 0 Å². The normalized spacial score (nSPS) is 10.2. The molecule has 6 nitrogen and oxygen atoms in total. The number of anilines is 1. The summed E-state index contributed by atoms with van der Waals surface area (Å²) in [4.78, 5) is 23.4. The van der Waals surface area contributed by atoms with Gasteiger partial charge in [0.1, 0.15) is 17.9 Å². The number of carbonyl (C=O) groups excluding carboxylic acids is 2. The fourth-order valence-electron chi connectivity index (χ4n) is 1.67. The van der Waals surface area contributed by atoms with Crippen molar-refractivity contribution in [2.24, 2.45) is 0 Å². The Balaban J connectivity index is 2.82. The number of halogens is 1. The van der Waals surface area contributed by atoms with Gasteiger partial charge < -0.3 is 20.1 Å². The molecular weight excluding hydrogens is 296 g/mol. The molecule has 7 heteroatoms. The molecule has 0 aliphatic carbocycles. The smallest absolute Gasteiger partial charge is 0.233 e. The Bertz CT molecular complexity index is 532. The zero-order valence-corrected chi connectivity index (χ0v) is 13.2. The maximum atomic E-state index is 11.9. The maximum absolute atomic E-state index is 11.9. The van der Waals surface area contributed by atoms with Gasteiger partial charge in [0.2, 0.25) is 11.8 Å². The Morgan fingerprint density at radius 1 is 1.14 bits per heavy atom. The van der Waals surface area contributed by atoms with Crippen LogP contribution in [0.4, 0.5) is 5.69 Å². The molecule has 1 aromatic rings. The molecule has 21 heavy (non-hydrogen) atoms. The summed E-state index contributed by atoms with van der Waals surface area (Å²) in [7, 11) is 2.93. The lowest BCUT2D eigenvalue weighted by atomic mass is 10.2. The van der Waals surface area contributed by atoms with E-state index in [9.17, 15) is 9.59 Å². The average Bonchev–Trinajstić information content (AvgIpc) is 2.38. The van der Waals surface area contributed by atoms with Crippen molar-refractivity contribution >= 4 is 29.1 Å². The minimum atomic E-state index is -0.448. The second kappa shape index (κ2) is 7.73. The van der Waals surface area contributed by atoms with Crippen molar-refractivity contribution in [2.75, 3.05) is 19.5 Å². The number of amides is 2. The summed E-state index contributed by atoms with van der Waals surface area (Å²) in [5.41, 5.74) is 0.390. The van der Waals surface area contributed by atoms with E-state index in [4.69, 9.17) is 21.1 Å². The molecule has 2 amide bonds. The van der Waals surface area contributed by atoms with Gasteiger partial charge in [-0.15, -0.1) is 0 Å². The van der Waals surface area contributed by atoms with Crippen LogP contribution in [0.1, 0.15) is 20.3 Å². The van der Waals surface area contributed by atoms with Crippen molar-refractivity contribution < 1.29 is 19.1 Å². The third kappa shape index (κ3) is 5.15. The third-order valence-electron chi connectivity index (χ3n) is 2.52. The van der Waals surface area contributed by atoms with E-state index in [0.717, 1.165) is 0 Å². The highest BCUT2D eigenvalue weighted by Gasteiger charge is 2.15. The monoisotopic (exact) mass is 314 g/mol. The van der Waals surface area contributed by atoms with Crippen LogP contribution < -0.4 is 20.1 Å². The molecule has 0 atom stereocenters. The Labute approximate surface area is 128 Å². The SMILES string of the molecule is COc1cc(NC(=O)CC(=O)NC(C)C)c(OC)cc1Cl. The van der Waals surface area contributed by atoms with Crippen LogP contribution in [0.5, 0.6) is 11.5 Å². The summed E-state index contributed by atoms with van der Waals surface area (Å²) in [6.45, 7) is 3.64. The fraction of sp³-hybridized carbons (Fsp3) is 0.429. The van der Waals surface area contributed by atoms with E-state index < -0.39 is 5.91 Å². The predicted molar refractivity (Wildman–Crippen MR) is 81.1 cm³/mol. The van der Waals surface area contributed by atoms with Crippen LogP contribution in [-0.2, 0) is 9.59 Å². The van der Waals surface area contributed by atoms with E-state index >= 15 is 0 Å². The van der Waals surface area contributed by atoms with Gasteiger partial charge in [-0.3, -0.25) is 9.59 Å². The van der Waals surface area contributed by atoms with Crippen LogP contribution in [0.2, 0.25) is 5.02 Å². The number of ether oxygens (including phenoxy) is 2. The van der Waals surface area contributed by atoms with Gasteiger partial charge in [-0.2, -0.15) is 0 Å². The first-order valence-corrected chi connectivity index (χ1v) is 6.76. The zero-order chi connectivity index (χ0) is 16.0. The molecule has 0 fully saturated rings. The molecule has 0 unspecified atom stereocenters. The van der Waals surface area contributed by atoms with Crippen LogP contribution in [0.15, 0.2) is 12.1 Å². The lowest BCUT2D eigenvalue weighted by Crippen LogP contribution is -2.33. The van der Waals surface area contributed by atoms with Crippen molar-refractivity contribution in [3.8, 4) is 11.5 Å². The molecular formula is C14H19ClN2O4. The van der Waals surface area contributed by atoms with Gasteiger partial charge in [0.15, 0.2) is 0 Å². The van der Waals surface area contributed by atoms with Gasteiger partial charge in [0, 0.05) is 18.2 Å². The van der Waals surface area contributed by atoms with E-state index in [2.05, 4.69) is 10.6 Å². The minimum absolute atomic E-state index is 0.0181. The number of nitrogens with one attached hydrogen (secondary N) is 2. The molecule has 2 N–H and O–H groups in total. The summed E-state index contributed by atoms with van der Waals surface area (Å²) >= 11 is 5.98. The molecule has 0 radical (unpaired) electrons. The van der Waals surface area contributed by atoms with Crippen LogP contribution in [0, 0.1) is 0 Å². The molecule has 0 spiro atoms. The maximum Gasteiger partial charge on any atom is 0.233 e. The van der Waals surface area contributed by atoms with Crippen molar-refractivity contribution in [3.05, 3.63) is 17.2 Å². The third-order valence-corrected chi connectivity index (χ3v) is 2.81. The van der Waals surface area contributed by atoms with Crippen molar-refractivity contribution in [1.82, 2.24) is 5.32 Å². The van der Waals surface area contributed by atoms with Gasteiger partial charge in [-0.1, -0.05) is 11.6 Å². The lowest BCUT2D eigenvalue weighted by molar-refractivity contribution is -0.127. The number of hydrogen-bond acceptors (Lipinski definition) is 4. The predicted octanol–water partition coefficient (Wildman–Crippen LogP) is 2.21.